The second-order valence-electron chi connectivity index (χ2n) is 4.13. The number of carboxylic acid groups (broad SMARTS) is 1. The summed E-state index contributed by atoms with van der Waals surface area (Å²) in [4.78, 5) is 22.4. The monoisotopic (exact) mass is 285 g/mol. The lowest BCUT2D eigenvalue weighted by Crippen LogP contribution is -2.38. The topological polar surface area (TPSA) is 84.9 Å². The number of hydrogen-bond donors (Lipinski definition) is 2. The van der Waals surface area contributed by atoms with Crippen molar-refractivity contribution in [2.75, 3.05) is 20.3 Å². The van der Waals surface area contributed by atoms with Gasteiger partial charge in [-0.1, -0.05) is 6.07 Å². The maximum Gasteiger partial charge on any atom is 0.342 e. The molecule has 0 radical (unpaired) electrons. The molecule has 0 heterocycles. The molecule has 6 nitrogen and oxygen atoms in total. The molecule has 110 valence electrons. The van der Waals surface area contributed by atoms with Crippen molar-refractivity contribution in [2.24, 2.45) is 0 Å². The van der Waals surface area contributed by atoms with Crippen LogP contribution in [0.15, 0.2) is 18.2 Å². The van der Waals surface area contributed by atoms with Crippen LogP contribution in [0, 0.1) is 5.82 Å². The van der Waals surface area contributed by atoms with Crippen LogP contribution in [0.25, 0.3) is 0 Å². The Morgan fingerprint density at radius 3 is 2.75 bits per heavy atom. The number of nitrogens with one attached hydrogen (secondary N) is 1. The van der Waals surface area contributed by atoms with E-state index in [0.29, 0.717) is 6.61 Å². The molecule has 0 aliphatic rings. The zero-order valence-corrected chi connectivity index (χ0v) is 11.2. The first-order chi connectivity index (χ1) is 9.45. The Hall–Kier alpha value is -2.15. The number of aromatic carboxylic acids is 1. The lowest BCUT2D eigenvalue weighted by Gasteiger charge is -2.14. The highest BCUT2D eigenvalue weighted by Gasteiger charge is 2.18. The molecule has 1 amide bonds. The molecule has 0 aliphatic heterocycles. The molecular formula is C13H16FNO5. The molecule has 0 aromatic heterocycles. The Labute approximate surface area is 115 Å². The normalized spacial score (nSPS) is 11.8. The molecular weight excluding hydrogens is 269 g/mol. The molecule has 7 heteroatoms. The summed E-state index contributed by atoms with van der Waals surface area (Å²) in [7, 11) is 1.50. The summed E-state index contributed by atoms with van der Waals surface area (Å²) in [5, 5.41) is 11.5. The molecule has 1 atom stereocenters. The first-order valence-corrected chi connectivity index (χ1v) is 5.88. The predicted octanol–water partition coefficient (Wildman–Crippen LogP) is 1.05. The molecule has 0 fully saturated rings. The molecule has 0 aliphatic carbocycles. The number of amides is 1. The van der Waals surface area contributed by atoms with E-state index in [1.807, 2.05) is 0 Å². The van der Waals surface area contributed by atoms with Gasteiger partial charge in [-0.2, -0.15) is 0 Å². The van der Waals surface area contributed by atoms with Gasteiger partial charge in [0, 0.05) is 13.2 Å². The van der Waals surface area contributed by atoms with E-state index < -0.39 is 29.9 Å². The number of methoxy groups -OCH3 is 1. The largest absolute Gasteiger partial charge is 0.483 e. The van der Waals surface area contributed by atoms with Crippen LogP contribution in [0.2, 0.25) is 0 Å². The van der Waals surface area contributed by atoms with Crippen LogP contribution in [0.4, 0.5) is 4.39 Å². The van der Waals surface area contributed by atoms with E-state index in [0.717, 1.165) is 6.07 Å². The van der Waals surface area contributed by atoms with Crippen LogP contribution < -0.4 is 10.1 Å². The number of halogens is 1. The maximum absolute atomic E-state index is 13.4. The summed E-state index contributed by atoms with van der Waals surface area (Å²) in [6.07, 6.45) is 0. The lowest BCUT2D eigenvalue weighted by atomic mass is 10.2. The van der Waals surface area contributed by atoms with E-state index >= 15 is 0 Å². The highest BCUT2D eigenvalue weighted by Crippen LogP contribution is 2.21. The van der Waals surface area contributed by atoms with Crippen molar-refractivity contribution < 1.29 is 28.6 Å². The molecule has 1 rings (SSSR count). The van der Waals surface area contributed by atoms with Gasteiger partial charge in [0.05, 0.1) is 6.61 Å². The fraction of sp³-hybridized carbons (Fsp3) is 0.385. The smallest absolute Gasteiger partial charge is 0.342 e. The summed E-state index contributed by atoms with van der Waals surface area (Å²) in [5.74, 6) is -3.00. The van der Waals surface area contributed by atoms with Gasteiger partial charge in [0.15, 0.2) is 6.61 Å². The second-order valence-corrected chi connectivity index (χ2v) is 4.13. The lowest BCUT2D eigenvalue weighted by molar-refractivity contribution is -0.124. The fourth-order valence-electron chi connectivity index (χ4n) is 1.58. The van der Waals surface area contributed by atoms with Crippen molar-refractivity contribution in [1.82, 2.24) is 5.32 Å². The summed E-state index contributed by atoms with van der Waals surface area (Å²) in [6.45, 7) is 1.68. The fourth-order valence-corrected chi connectivity index (χ4v) is 1.58. The van der Waals surface area contributed by atoms with Gasteiger partial charge in [-0.25, -0.2) is 9.18 Å². The molecule has 20 heavy (non-hydrogen) atoms. The van der Waals surface area contributed by atoms with Crippen LogP contribution in [0.5, 0.6) is 5.75 Å². The highest BCUT2D eigenvalue weighted by molar-refractivity contribution is 5.91. The number of carboxylic acids is 1. The van der Waals surface area contributed by atoms with Gasteiger partial charge in [0.25, 0.3) is 5.91 Å². The Morgan fingerprint density at radius 2 is 2.15 bits per heavy atom. The third kappa shape index (κ3) is 4.51. The molecule has 2 N–H and O–H groups in total. The minimum absolute atomic E-state index is 0.188. The summed E-state index contributed by atoms with van der Waals surface area (Å²) >= 11 is 0. The van der Waals surface area contributed by atoms with Crippen LogP contribution in [0.1, 0.15) is 17.3 Å². The zero-order valence-electron chi connectivity index (χ0n) is 11.2. The van der Waals surface area contributed by atoms with Gasteiger partial charge >= 0.3 is 5.97 Å². The van der Waals surface area contributed by atoms with Crippen molar-refractivity contribution in [3.8, 4) is 5.75 Å². The highest BCUT2D eigenvalue weighted by atomic mass is 19.1. The summed E-state index contributed by atoms with van der Waals surface area (Å²) in [5.41, 5.74) is -0.592. The number of ether oxygens (including phenoxy) is 2. The van der Waals surface area contributed by atoms with E-state index in [1.54, 1.807) is 6.92 Å². The number of benzene rings is 1. The first-order valence-electron chi connectivity index (χ1n) is 5.88. The Kier molecular flexibility index (Phi) is 5.92. The van der Waals surface area contributed by atoms with Gasteiger partial charge in [0.1, 0.15) is 17.1 Å². The molecule has 1 aromatic rings. The van der Waals surface area contributed by atoms with Crippen molar-refractivity contribution >= 4 is 11.9 Å². The van der Waals surface area contributed by atoms with E-state index in [2.05, 4.69) is 5.32 Å². The molecule has 0 bridgehead atoms. The Bertz CT molecular complexity index is 492. The minimum atomic E-state index is -1.45. The number of rotatable bonds is 7. The van der Waals surface area contributed by atoms with Crippen LogP contribution in [-0.2, 0) is 9.53 Å². The van der Waals surface area contributed by atoms with Crippen LogP contribution >= 0.6 is 0 Å². The third-order valence-electron chi connectivity index (χ3n) is 2.37. The van der Waals surface area contributed by atoms with Crippen molar-refractivity contribution in [3.63, 3.8) is 0 Å². The maximum atomic E-state index is 13.4. The first kappa shape index (κ1) is 15.9. The van der Waals surface area contributed by atoms with E-state index in [1.165, 1.54) is 19.2 Å². The summed E-state index contributed by atoms with van der Waals surface area (Å²) < 4.78 is 23.3. The quantitative estimate of drug-likeness (QED) is 0.782. The van der Waals surface area contributed by atoms with Crippen LogP contribution in [0.3, 0.4) is 0 Å². The minimum Gasteiger partial charge on any atom is -0.483 e. The average Bonchev–Trinajstić information content (AvgIpc) is 2.36. The van der Waals surface area contributed by atoms with E-state index in [-0.39, 0.29) is 11.8 Å². The average molecular weight is 285 g/mol. The molecule has 0 saturated heterocycles. The van der Waals surface area contributed by atoms with Crippen molar-refractivity contribution in [2.45, 2.75) is 13.0 Å². The van der Waals surface area contributed by atoms with Crippen molar-refractivity contribution in [1.29, 1.82) is 0 Å². The Morgan fingerprint density at radius 1 is 1.45 bits per heavy atom. The third-order valence-corrected chi connectivity index (χ3v) is 2.37. The van der Waals surface area contributed by atoms with Gasteiger partial charge in [0.2, 0.25) is 0 Å². The Balaban J connectivity index is 2.64. The SMILES string of the molecule is COCC(C)NC(=O)COc1cccc(F)c1C(=O)O. The van der Waals surface area contributed by atoms with Gasteiger partial charge in [-0.05, 0) is 19.1 Å². The van der Waals surface area contributed by atoms with Gasteiger partial charge in [-0.3, -0.25) is 4.79 Å². The number of hydrogen-bond acceptors (Lipinski definition) is 4. The molecule has 1 unspecified atom stereocenters. The number of carbonyl (C=O) groups is 2. The molecule has 1 aromatic carbocycles. The van der Waals surface area contributed by atoms with Crippen LogP contribution in [-0.4, -0.2) is 43.3 Å². The second kappa shape index (κ2) is 7.44. The van der Waals surface area contributed by atoms with E-state index in [4.69, 9.17) is 14.6 Å². The van der Waals surface area contributed by atoms with Gasteiger partial charge < -0.3 is 19.9 Å². The molecule has 0 spiro atoms. The predicted molar refractivity (Wildman–Crippen MR) is 68.3 cm³/mol. The standard InChI is InChI=1S/C13H16FNO5/c1-8(6-19-2)15-11(16)7-20-10-5-3-4-9(14)12(10)13(17)18/h3-5,8H,6-7H2,1-2H3,(H,15,16)(H,17,18). The van der Waals surface area contributed by atoms with E-state index in [9.17, 15) is 14.0 Å². The van der Waals surface area contributed by atoms with Crippen molar-refractivity contribution in [3.05, 3.63) is 29.6 Å². The zero-order chi connectivity index (χ0) is 15.1. The molecule has 0 saturated carbocycles. The van der Waals surface area contributed by atoms with Gasteiger partial charge in [-0.15, -0.1) is 0 Å². The summed E-state index contributed by atoms with van der Waals surface area (Å²) in [6, 6.07) is 3.40. The number of carbonyl (C=O) groups excluding carboxylic acids is 1.